The summed E-state index contributed by atoms with van der Waals surface area (Å²) in [5, 5.41) is 0.854. The molecule has 0 heterocycles. The van der Waals surface area contributed by atoms with E-state index in [2.05, 4.69) is 27.6 Å². The smallest absolute Gasteiger partial charge is 0.305 e. The van der Waals surface area contributed by atoms with Gasteiger partial charge in [0.05, 0.1) is 25.9 Å². The number of hydrogen-bond acceptors (Lipinski definition) is 5. The van der Waals surface area contributed by atoms with Crippen LogP contribution >= 0.6 is 15.9 Å². The number of rotatable bonds is 14. The Hall–Kier alpha value is -1.56. The third kappa shape index (κ3) is 8.33. The number of benzene rings is 1. The number of alkyl halides is 1. The molecule has 1 aromatic carbocycles. The molecule has 0 saturated heterocycles. The molecule has 0 aromatic heterocycles. The van der Waals surface area contributed by atoms with Crippen molar-refractivity contribution in [3.05, 3.63) is 23.3 Å². The van der Waals surface area contributed by atoms with Crippen molar-refractivity contribution in [2.75, 3.05) is 25.7 Å². The molecule has 0 N–H and O–H groups in total. The summed E-state index contributed by atoms with van der Waals surface area (Å²) in [5.41, 5.74) is 1.58. The molecule has 27 heavy (non-hydrogen) atoms. The Balaban J connectivity index is 2.78. The lowest BCUT2D eigenvalue weighted by Crippen LogP contribution is -2.09. The highest BCUT2D eigenvalue weighted by atomic mass is 79.9. The van der Waals surface area contributed by atoms with Crippen LogP contribution in [0, 0.1) is 0 Å². The summed E-state index contributed by atoms with van der Waals surface area (Å²) in [5.74, 6) is 1.26. The quantitative estimate of drug-likeness (QED) is 0.173. The third-order valence-corrected chi connectivity index (χ3v) is 4.69. The van der Waals surface area contributed by atoms with E-state index in [0.717, 1.165) is 55.2 Å². The Morgan fingerprint density at radius 2 is 1.78 bits per heavy atom. The first-order chi connectivity index (χ1) is 13.0. The zero-order chi connectivity index (χ0) is 20.1. The van der Waals surface area contributed by atoms with Crippen LogP contribution in [0.4, 0.5) is 0 Å². The highest BCUT2D eigenvalue weighted by Crippen LogP contribution is 2.34. The van der Waals surface area contributed by atoms with E-state index in [9.17, 15) is 9.59 Å². The van der Waals surface area contributed by atoms with Gasteiger partial charge in [-0.05, 0) is 51.2 Å². The Morgan fingerprint density at radius 1 is 1.04 bits per heavy atom. The zero-order valence-corrected chi connectivity index (χ0v) is 18.2. The van der Waals surface area contributed by atoms with E-state index in [-0.39, 0.29) is 11.8 Å². The lowest BCUT2D eigenvalue weighted by molar-refractivity contribution is -0.140. The highest BCUT2D eigenvalue weighted by molar-refractivity contribution is 9.09. The summed E-state index contributed by atoms with van der Waals surface area (Å²) in [6.45, 7) is 4.78. The molecule has 1 rings (SSSR count). The van der Waals surface area contributed by atoms with Gasteiger partial charge in [0.25, 0.3) is 0 Å². The van der Waals surface area contributed by atoms with Crippen LogP contribution in [0.15, 0.2) is 12.1 Å². The van der Waals surface area contributed by atoms with E-state index in [0.29, 0.717) is 30.9 Å². The van der Waals surface area contributed by atoms with Crippen LogP contribution in [0.2, 0.25) is 0 Å². The van der Waals surface area contributed by atoms with Crippen molar-refractivity contribution in [1.29, 1.82) is 0 Å². The molecule has 1 aromatic rings. The Kier molecular flexibility index (Phi) is 11.8. The largest absolute Gasteiger partial charge is 0.493 e. The molecule has 0 fully saturated rings. The first-order valence-electron chi connectivity index (χ1n) is 9.60. The van der Waals surface area contributed by atoms with Crippen LogP contribution in [0.5, 0.6) is 11.5 Å². The van der Waals surface area contributed by atoms with Crippen LogP contribution in [-0.4, -0.2) is 37.4 Å². The van der Waals surface area contributed by atoms with Crippen molar-refractivity contribution in [2.24, 2.45) is 0 Å². The van der Waals surface area contributed by atoms with Crippen molar-refractivity contribution < 1.29 is 23.8 Å². The highest BCUT2D eigenvalue weighted by Gasteiger charge is 2.18. The fourth-order valence-corrected chi connectivity index (χ4v) is 2.96. The molecule has 0 atom stereocenters. The Morgan fingerprint density at radius 3 is 2.41 bits per heavy atom. The first kappa shape index (κ1) is 23.5. The number of ketones is 1. The van der Waals surface area contributed by atoms with E-state index >= 15 is 0 Å². The van der Waals surface area contributed by atoms with Crippen molar-refractivity contribution in [3.63, 3.8) is 0 Å². The van der Waals surface area contributed by atoms with Gasteiger partial charge in [0, 0.05) is 17.3 Å². The predicted molar refractivity (Wildman–Crippen MR) is 110 cm³/mol. The molecule has 0 aliphatic rings. The first-order valence-corrected chi connectivity index (χ1v) is 10.7. The van der Waals surface area contributed by atoms with Crippen molar-refractivity contribution >= 4 is 27.7 Å². The van der Waals surface area contributed by atoms with Crippen molar-refractivity contribution in [1.82, 2.24) is 0 Å². The molecule has 0 radical (unpaired) electrons. The number of hydrogen-bond donors (Lipinski definition) is 0. The van der Waals surface area contributed by atoms with Gasteiger partial charge in [-0.1, -0.05) is 29.3 Å². The van der Waals surface area contributed by atoms with Crippen molar-refractivity contribution in [3.8, 4) is 11.5 Å². The van der Waals surface area contributed by atoms with Gasteiger partial charge < -0.3 is 14.2 Å². The summed E-state index contributed by atoms with van der Waals surface area (Å²) in [4.78, 5) is 23.1. The fraction of sp³-hybridized carbons (Fsp3) is 0.619. The molecule has 0 saturated carbocycles. The predicted octanol–water partition coefficient (Wildman–Crippen LogP) is 5.12. The monoisotopic (exact) mass is 442 g/mol. The lowest BCUT2D eigenvalue weighted by atomic mass is 10.0. The van der Waals surface area contributed by atoms with Gasteiger partial charge in [0.1, 0.15) is 11.5 Å². The van der Waals surface area contributed by atoms with Crippen LogP contribution in [-0.2, 0) is 16.0 Å². The standard InChI is InChI=1S/C21H31BrO5/c1-4-9-18-19(26-14-7-5-6-10-20(24)25-3)12-11-17(16(2)23)21(18)27-15-8-13-22/h11-12H,4-10,13-15H2,1-3H3. The minimum absolute atomic E-state index is 0.00412. The zero-order valence-electron chi connectivity index (χ0n) is 16.6. The van der Waals surface area contributed by atoms with Crippen LogP contribution in [0.25, 0.3) is 0 Å². The summed E-state index contributed by atoms with van der Waals surface area (Å²) in [7, 11) is 1.41. The number of carbonyl (C=O) groups excluding carboxylic acids is 2. The Labute approximate surface area is 170 Å². The lowest BCUT2D eigenvalue weighted by Gasteiger charge is -2.18. The molecule has 0 bridgehead atoms. The molecule has 0 spiro atoms. The second-order valence-corrected chi connectivity index (χ2v) is 7.14. The molecular weight excluding hydrogens is 412 g/mol. The number of ether oxygens (including phenoxy) is 3. The molecule has 0 aliphatic heterocycles. The normalized spacial score (nSPS) is 10.5. The Bertz CT molecular complexity index is 600. The SMILES string of the molecule is CCCc1c(OCCCCCC(=O)OC)ccc(C(C)=O)c1OCCCBr. The van der Waals surface area contributed by atoms with Crippen molar-refractivity contribution in [2.45, 2.75) is 58.8 Å². The van der Waals surface area contributed by atoms with E-state index in [1.54, 1.807) is 13.0 Å². The summed E-state index contributed by atoms with van der Waals surface area (Å²) >= 11 is 3.40. The van der Waals surface area contributed by atoms with Crippen LogP contribution in [0.3, 0.4) is 0 Å². The number of unbranched alkanes of at least 4 members (excludes halogenated alkanes) is 2. The van der Waals surface area contributed by atoms with Gasteiger partial charge in [-0.3, -0.25) is 9.59 Å². The maximum Gasteiger partial charge on any atom is 0.305 e. The van der Waals surface area contributed by atoms with Gasteiger partial charge in [0.2, 0.25) is 0 Å². The number of halogens is 1. The molecule has 0 amide bonds. The molecular formula is C21H31BrO5. The molecule has 0 aliphatic carbocycles. The molecule has 0 unspecified atom stereocenters. The van der Waals surface area contributed by atoms with Gasteiger partial charge in [0.15, 0.2) is 5.78 Å². The molecule has 152 valence electrons. The van der Waals surface area contributed by atoms with Crippen LogP contribution in [0.1, 0.15) is 68.3 Å². The second-order valence-electron chi connectivity index (χ2n) is 6.35. The number of carbonyl (C=O) groups is 2. The second kappa shape index (κ2) is 13.6. The number of Topliss-reactive ketones (excluding diaryl/α,β-unsaturated/α-hetero) is 1. The molecule has 5 nitrogen and oxygen atoms in total. The van der Waals surface area contributed by atoms with Gasteiger partial charge in [-0.2, -0.15) is 0 Å². The topological polar surface area (TPSA) is 61.8 Å². The van der Waals surface area contributed by atoms with Crippen LogP contribution < -0.4 is 9.47 Å². The van der Waals surface area contributed by atoms with E-state index < -0.39 is 0 Å². The fourth-order valence-electron chi connectivity index (χ4n) is 2.73. The van der Waals surface area contributed by atoms with E-state index in [4.69, 9.17) is 9.47 Å². The average Bonchev–Trinajstić information content (AvgIpc) is 2.66. The third-order valence-electron chi connectivity index (χ3n) is 4.13. The summed E-state index contributed by atoms with van der Waals surface area (Å²) in [6.07, 6.45) is 5.59. The maximum absolute atomic E-state index is 12.0. The maximum atomic E-state index is 12.0. The number of esters is 1. The van der Waals surface area contributed by atoms with Gasteiger partial charge in [-0.25, -0.2) is 0 Å². The minimum Gasteiger partial charge on any atom is -0.493 e. The summed E-state index contributed by atoms with van der Waals surface area (Å²) in [6, 6.07) is 3.66. The minimum atomic E-state index is -0.175. The van der Waals surface area contributed by atoms with Gasteiger partial charge >= 0.3 is 5.97 Å². The molecule has 6 heteroatoms. The average molecular weight is 443 g/mol. The van der Waals surface area contributed by atoms with E-state index in [1.165, 1.54) is 7.11 Å². The summed E-state index contributed by atoms with van der Waals surface area (Å²) < 4.78 is 16.6. The van der Waals surface area contributed by atoms with Gasteiger partial charge in [-0.15, -0.1) is 0 Å². The van der Waals surface area contributed by atoms with E-state index in [1.807, 2.05) is 6.07 Å². The number of methoxy groups -OCH3 is 1.